The maximum atomic E-state index is 13.2. The molecule has 0 saturated heterocycles. The van der Waals surface area contributed by atoms with Gasteiger partial charge in [0.15, 0.2) is 0 Å². The highest BCUT2D eigenvalue weighted by Crippen LogP contribution is 2.10. The number of hydrogen-bond acceptors (Lipinski definition) is 2. The highest BCUT2D eigenvalue weighted by Gasteiger charge is 2.13. The molecular weight excluding hydrogens is 219 g/mol. The van der Waals surface area contributed by atoms with Crippen LogP contribution in [-0.4, -0.2) is 30.4 Å². The molecule has 0 spiro atoms. The number of rotatable bonds is 4. The van der Waals surface area contributed by atoms with Crippen molar-refractivity contribution in [2.24, 2.45) is 5.73 Å². The molecule has 0 aliphatic heterocycles. The molecule has 3 nitrogen and oxygen atoms in total. The molecule has 1 atom stereocenters. The number of amides is 1. The Morgan fingerprint density at radius 1 is 1.47 bits per heavy atom. The SMILES string of the molecule is Cc1cc(F)cc(C(=O)N(C)CCC(C)N)c1. The second-order valence-electron chi connectivity index (χ2n) is 4.51. The standard InChI is InChI=1S/C13H19FN2O/c1-9-6-11(8-12(14)7-9)13(17)16(3)5-4-10(2)15/h6-8,10H,4-5,15H2,1-3H3. The zero-order chi connectivity index (χ0) is 13.0. The number of nitrogens with two attached hydrogens (primary N) is 1. The molecule has 17 heavy (non-hydrogen) atoms. The van der Waals surface area contributed by atoms with Crippen LogP contribution in [0.4, 0.5) is 4.39 Å². The molecule has 1 unspecified atom stereocenters. The zero-order valence-corrected chi connectivity index (χ0v) is 10.5. The van der Waals surface area contributed by atoms with Gasteiger partial charge in [-0.15, -0.1) is 0 Å². The van der Waals surface area contributed by atoms with Crippen LogP contribution in [0.5, 0.6) is 0 Å². The minimum Gasteiger partial charge on any atom is -0.342 e. The Hall–Kier alpha value is -1.42. The summed E-state index contributed by atoms with van der Waals surface area (Å²) in [5, 5.41) is 0. The summed E-state index contributed by atoms with van der Waals surface area (Å²) in [6.07, 6.45) is 0.733. The molecule has 0 radical (unpaired) electrons. The van der Waals surface area contributed by atoms with Gasteiger partial charge in [0.1, 0.15) is 5.82 Å². The topological polar surface area (TPSA) is 46.3 Å². The van der Waals surface area contributed by atoms with E-state index in [9.17, 15) is 9.18 Å². The van der Waals surface area contributed by atoms with Crippen LogP contribution in [-0.2, 0) is 0 Å². The maximum Gasteiger partial charge on any atom is 0.253 e. The summed E-state index contributed by atoms with van der Waals surface area (Å²) in [7, 11) is 1.70. The Balaban J connectivity index is 2.74. The average Bonchev–Trinajstić information content (AvgIpc) is 2.23. The lowest BCUT2D eigenvalue weighted by atomic mass is 10.1. The van der Waals surface area contributed by atoms with E-state index >= 15 is 0 Å². The molecule has 0 bridgehead atoms. The predicted octanol–water partition coefficient (Wildman–Crippen LogP) is 1.94. The van der Waals surface area contributed by atoms with Crippen molar-refractivity contribution in [1.29, 1.82) is 0 Å². The van der Waals surface area contributed by atoms with Crippen LogP contribution in [0.1, 0.15) is 29.3 Å². The van der Waals surface area contributed by atoms with Gasteiger partial charge < -0.3 is 10.6 Å². The molecule has 2 N–H and O–H groups in total. The summed E-state index contributed by atoms with van der Waals surface area (Å²) in [5.74, 6) is -0.554. The molecule has 0 heterocycles. The van der Waals surface area contributed by atoms with Crippen LogP contribution >= 0.6 is 0 Å². The van der Waals surface area contributed by atoms with Crippen molar-refractivity contribution in [2.45, 2.75) is 26.3 Å². The molecule has 4 heteroatoms. The monoisotopic (exact) mass is 238 g/mol. The Bertz CT molecular complexity index is 384. The highest BCUT2D eigenvalue weighted by molar-refractivity contribution is 5.94. The summed E-state index contributed by atoms with van der Waals surface area (Å²) in [4.78, 5) is 13.5. The number of aryl methyl sites for hydroxylation is 1. The van der Waals surface area contributed by atoms with Gasteiger partial charge in [-0.25, -0.2) is 4.39 Å². The van der Waals surface area contributed by atoms with Crippen molar-refractivity contribution in [1.82, 2.24) is 4.90 Å². The van der Waals surface area contributed by atoms with Crippen molar-refractivity contribution in [3.05, 3.63) is 35.1 Å². The first-order chi connectivity index (χ1) is 7.90. The molecule has 0 saturated carbocycles. The smallest absolute Gasteiger partial charge is 0.253 e. The molecule has 1 amide bonds. The minimum atomic E-state index is -0.381. The number of carbonyl (C=O) groups excluding carboxylic acids is 1. The van der Waals surface area contributed by atoms with Gasteiger partial charge in [-0.05, 0) is 44.0 Å². The van der Waals surface area contributed by atoms with Gasteiger partial charge in [0.25, 0.3) is 5.91 Å². The van der Waals surface area contributed by atoms with E-state index in [2.05, 4.69) is 0 Å². The Morgan fingerprint density at radius 2 is 2.12 bits per heavy atom. The third-order valence-electron chi connectivity index (χ3n) is 2.56. The van der Waals surface area contributed by atoms with E-state index in [1.54, 1.807) is 24.9 Å². The summed E-state index contributed by atoms with van der Waals surface area (Å²) >= 11 is 0. The van der Waals surface area contributed by atoms with Crippen molar-refractivity contribution in [2.75, 3.05) is 13.6 Å². The van der Waals surface area contributed by atoms with Gasteiger partial charge in [0, 0.05) is 25.2 Å². The molecular formula is C13H19FN2O. The van der Waals surface area contributed by atoms with Gasteiger partial charge in [-0.1, -0.05) is 0 Å². The lowest BCUT2D eigenvalue weighted by Crippen LogP contribution is -2.31. The largest absolute Gasteiger partial charge is 0.342 e. The van der Waals surface area contributed by atoms with E-state index in [0.717, 1.165) is 12.0 Å². The van der Waals surface area contributed by atoms with Crippen molar-refractivity contribution < 1.29 is 9.18 Å². The normalized spacial score (nSPS) is 12.3. The Labute approximate surface area is 101 Å². The number of nitrogens with zero attached hydrogens (tertiary/aromatic N) is 1. The maximum absolute atomic E-state index is 13.2. The van der Waals surface area contributed by atoms with Crippen molar-refractivity contribution >= 4 is 5.91 Å². The number of carbonyl (C=O) groups is 1. The summed E-state index contributed by atoms with van der Waals surface area (Å²) in [6, 6.07) is 4.41. The van der Waals surface area contributed by atoms with Gasteiger partial charge in [-0.2, -0.15) is 0 Å². The van der Waals surface area contributed by atoms with Crippen LogP contribution in [0.3, 0.4) is 0 Å². The molecule has 94 valence electrons. The van der Waals surface area contributed by atoms with E-state index in [1.807, 2.05) is 6.92 Å². The van der Waals surface area contributed by atoms with E-state index in [4.69, 9.17) is 5.73 Å². The van der Waals surface area contributed by atoms with Gasteiger partial charge in [0.05, 0.1) is 0 Å². The zero-order valence-electron chi connectivity index (χ0n) is 10.5. The summed E-state index contributed by atoms with van der Waals surface area (Å²) in [6.45, 7) is 4.23. The first-order valence-corrected chi connectivity index (χ1v) is 5.68. The number of halogens is 1. The van der Waals surface area contributed by atoms with Crippen LogP contribution in [0.2, 0.25) is 0 Å². The van der Waals surface area contributed by atoms with Crippen LogP contribution < -0.4 is 5.73 Å². The second-order valence-corrected chi connectivity index (χ2v) is 4.51. The van der Waals surface area contributed by atoms with E-state index in [-0.39, 0.29) is 17.8 Å². The van der Waals surface area contributed by atoms with Crippen LogP contribution in [0.25, 0.3) is 0 Å². The van der Waals surface area contributed by atoms with Gasteiger partial charge >= 0.3 is 0 Å². The Morgan fingerprint density at radius 3 is 2.65 bits per heavy atom. The third-order valence-corrected chi connectivity index (χ3v) is 2.56. The lowest BCUT2D eigenvalue weighted by Gasteiger charge is -2.18. The lowest BCUT2D eigenvalue weighted by molar-refractivity contribution is 0.0791. The number of benzene rings is 1. The summed E-state index contributed by atoms with van der Waals surface area (Å²) < 4.78 is 13.2. The van der Waals surface area contributed by atoms with Gasteiger partial charge in [0.2, 0.25) is 0 Å². The minimum absolute atomic E-state index is 0.0551. The van der Waals surface area contributed by atoms with Crippen LogP contribution in [0, 0.1) is 12.7 Å². The van der Waals surface area contributed by atoms with E-state index in [1.165, 1.54) is 12.1 Å². The molecule has 0 aliphatic carbocycles. The molecule has 1 rings (SSSR count). The fraction of sp³-hybridized carbons (Fsp3) is 0.462. The fourth-order valence-corrected chi connectivity index (χ4v) is 1.58. The molecule has 0 aromatic heterocycles. The molecule has 0 fully saturated rings. The van der Waals surface area contributed by atoms with E-state index in [0.29, 0.717) is 12.1 Å². The average molecular weight is 238 g/mol. The third kappa shape index (κ3) is 4.15. The predicted molar refractivity (Wildman–Crippen MR) is 66.4 cm³/mol. The van der Waals surface area contributed by atoms with Crippen molar-refractivity contribution in [3.8, 4) is 0 Å². The molecule has 1 aromatic carbocycles. The first kappa shape index (κ1) is 13.6. The first-order valence-electron chi connectivity index (χ1n) is 5.68. The Kier molecular flexibility index (Phi) is 4.63. The highest BCUT2D eigenvalue weighted by atomic mass is 19.1. The number of hydrogen-bond donors (Lipinski definition) is 1. The van der Waals surface area contributed by atoms with Crippen molar-refractivity contribution in [3.63, 3.8) is 0 Å². The van der Waals surface area contributed by atoms with E-state index < -0.39 is 0 Å². The van der Waals surface area contributed by atoms with Gasteiger partial charge in [-0.3, -0.25) is 4.79 Å². The fourth-order valence-electron chi connectivity index (χ4n) is 1.58. The molecule has 1 aromatic rings. The quantitative estimate of drug-likeness (QED) is 0.871. The second kappa shape index (κ2) is 5.77. The summed E-state index contributed by atoms with van der Waals surface area (Å²) in [5.41, 5.74) is 6.76. The van der Waals surface area contributed by atoms with Crippen LogP contribution in [0.15, 0.2) is 18.2 Å². The molecule has 0 aliphatic rings.